The van der Waals surface area contributed by atoms with Gasteiger partial charge in [0.05, 0.1) is 10.7 Å². The van der Waals surface area contributed by atoms with Gasteiger partial charge in [0.2, 0.25) is 5.60 Å². The average Bonchev–Trinajstić information content (AvgIpc) is 3.11. The number of hydrogen-bond acceptors (Lipinski definition) is 5. The van der Waals surface area contributed by atoms with Crippen LogP contribution in [0.15, 0.2) is 12.4 Å². The van der Waals surface area contributed by atoms with Gasteiger partial charge in [-0.2, -0.15) is 13.2 Å². The van der Waals surface area contributed by atoms with Crippen LogP contribution in [0.1, 0.15) is 46.5 Å². The highest BCUT2D eigenvalue weighted by molar-refractivity contribution is 7.13. The van der Waals surface area contributed by atoms with Gasteiger partial charge in [-0.3, -0.25) is 4.79 Å². The third-order valence-electron chi connectivity index (χ3n) is 4.06. The zero-order valence-electron chi connectivity index (χ0n) is 15.6. The predicted molar refractivity (Wildman–Crippen MR) is 95.5 cm³/mol. The molecule has 0 aliphatic rings. The molecule has 0 saturated carbocycles. The van der Waals surface area contributed by atoms with Crippen LogP contribution in [0.5, 0.6) is 0 Å². The van der Waals surface area contributed by atoms with E-state index in [9.17, 15) is 23.1 Å². The first-order valence-electron chi connectivity index (χ1n) is 8.47. The van der Waals surface area contributed by atoms with Gasteiger partial charge in [0.15, 0.2) is 0 Å². The summed E-state index contributed by atoms with van der Waals surface area (Å²) in [7, 11) is 1.37. The highest BCUT2D eigenvalue weighted by Gasteiger charge is 2.57. The van der Waals surface area contributed by atoms with E-state index in [0.717, 1.165) is 16.0 Å². The molecule has 0 spiro atoms. The fourth-order valence-electron chi connectivity index (χ4n) is 2.68. The van der Waals surface area contributed by atoms with Gasteiger partial charge >= 0.3 is 6.18 Å². The highest BCUT2D eigenvalue weighted by Crippen LogP contribution is 2.40. The van der Waals surface area contributed by atoms with Gasteiger partial charge < -0.3 is 15.0 Å². The van der Waals surface area contributed by atoms with Crippen molar-refractivity contribution in [3.63, 3.8) is 0 Å². The van der Waals surface area contributed by atoms with E-state index in [4.69, 9.17) is 0 Å². The van der Waals surface area contributed by atoms with Crippen LogP contribution in [0.25, 0.3) is 0 Å². The molecule has 0 aliphatic heterocycles. The molecule has 2 aromatic heterocycles. The minimum atomic E-state index is -4.93. The van der Waals surface area contributed by atoms with Gasteiger partial charge in [-0.05, 0) is 12.8 Å². The molecule has 150 valence electrons. The normalized spacial score (nSPS) is 14.4. The Hall–Kier alpha value is -1.94. The maximum atomic E-state index is 13.5. The molecule has 1 unspecified atom stereocenters. The summed E-state index contributed by atoms with van der Waals surface area (Å²) in [5, 5.41) is 13.5. The van der Waals surface area contributed by atoms with Gasteiger partial charge in [0, 0.05) is 38.8 Å². The molecule has 6 nitrogen and oxygen atoms in total. The standard InChI is InChI=1S/C17H23F3N4O2S/c1-10(2)9-12-23-11(3)13(27-12)14(25)21-6-5-16(26,17(18,19)20)15-22-7-8-24(15)4/h7-8,10,26H,5-6,9H2,1-4H3,(H,21,25). The van der Waals surface area contributed by atoms with Crippen molar-refractivity contribution in [1.29, 1.82) is 0 Å². The molecular weight excluding hydrogens is 381 g/mol. The number of aryl methyl sites for hydroxylation is 2. The summed E-state index contributed by atoms with van der Waals surface area (Å²) in [6, 6.07) is 0. The number of amides is 1. The molecule has 2 N–H and O–H groups in total. The quantitative estimate of drug-likeness (QED) is 0.744. The van der Waals surface area contributed by atoms with E-state index in [1.807, 2.05) is 13.8 Å². The zero-order chi connectivity index (χ0) is 20.4. The number of carbonyl (C=O) groups excluding carboxylic acids is 1. The number of rotatable bonds is 7. The summed E-state index contributed by atoms with van der Waals surface area (Å²) in [5.74, 6) is -0.632. The third-order valence-corrected chi connectivity index (χ3v) is 5.24. The molecule has 0 saturated heterocycles. The fraction of sp³-hybridized carbons (Fsp3) is 0.588. The van der Waals surface area contributed by atoms with E-state index in [1.165, 1.54) is 30.8 Å². The summed E-state index contributed by atoms with van der Waals surface area (Å²) < 4.78 is 41.5. The van der Waals surface area contributed by atoms with Gasteiger partial charge in [-0.15, -0.1) is 11.3 Å². The van der Waals surface area contributed by atoms with Crippen LogP contribution in [0, 0.1) is 12.8 Å². The largest absolute Gasteiger partial charge is 0.424 e. The Morgan fingerprint density at radius 2 is 2.07 bits per heavy atom. The lowest BCUT2D eigenvalue weighted by molar-refractivity contribution is -0.272. The molecule has 0 bridgehead atoms. The lowest BCUT2D eigenvalue weighted by Gasteiger charge is -2.29. The molecule has 0 fully saturated rings. The number of nitrogens with zero attached hydrogens (tertiary/aromatic N) is 3. The summed E-state index contributed by atoms with van der Waals surface area (Å²) in [4.78, 5) is 20.7. The Bertz CT molecular complexity index is 800. The number of aliphatic hydroxyl groups is 1. The number of hydrogen-bond donors (Lipinski definition) is 2. The van der Waals surface area contributed by atoms with Crippen molar-refractivity contribution < 1.29 is 23.1 Å². The van der Waals surface area contributed by atoms with Crippen molar-refractivity contribution in [2.75, 3.05) is 6.54 Å². The second-order valence-corrected chi connectivity index (χ2v) is 7.93. The Morgan fingerprint density at radius 3 is 2.59 bits per heavy atom. The first-order valence-corrected chi connectivity index (χ1v) is 9.28. The summed E-state index contributed by atoms with van der Waals surface area (Å²) in [5.41, 5.74) is -2.60. The Balaban J connectivity index is 2.08. The van der Waals surface area contributed by atoms with E-state index >= 15 is 0 Å². The molecule has 0 aliphatic carbocycles. The molecule has 2 heterocycles. The van der Waals surface area contributed by atoms with Crippen molar-refractivity contribution in [3.8, 4) is 0 Å². The summed E-state index contributed by atoms with van der Waals surface area (Å²) >= 11 is 1.24. The molecule has 0 aromatic carbocycles. The molecule has 1 amide bonds. The molecule has 2 aromatic rings. The number of alkyl halides is 3. The smallest absolute Gasteiger partial charge is 0.374 e. The molecule has 10 heteroatoms. The second-order valence-electron chi connectivity index (χ2n) is 6.85. The van der Waals surface area contributed by atoms with E-state index < -0.39 is 29.9 Å². The van der Waals surface area contributed by atoms with E-state index in [2.05, 4.69) is 15.3 Å². The molecule has 1 atom stereocenters. The highest BCUT2D eigenvalue weighted by atomic mass is 32.1. The Kier molecular flexibility index (Phi) is 6.31. The number of carbonyl (C=O) groups is 1. The van der Waals surface area contributed by atoms with Crippen LogP contribution >= 0.6 is 11.3 Å². The van der Waals surface area contributed by atoms with Crippen LogP contribution in [-0.4, -0.2) is 38.3 Å². The van der Waals surface area contributed by atoms with Crippen LogP contribution in [-0.2, 0) is 19.1 Å². The molecule has 27 heavy (non-hydrogen) atoms. The Labute approximate surface area is 159 Å². The minimum absolute atomic E-state index is 0.363. The molecular formula is C17H23F3N4O2S. The van der Waals surface area contributed by atoms with Crippen LogP contribution in [0.2, 0.25) is 0 Å². The number of nitrogens with one attached hydrogen (secondary N) is 1. The minimum Gasteiger partial charge on any atom is -0.374 e. The summed E-state index contributed by atoms with van der Waals surface area (Å²) in [6.45, 7) is 5.39. The monoisotopic (exact) mass is 404 g/mol. The Morgan fingerprint density at radius 1 is 1.41 bits per heavy atom. The van der Waals surface area contributed by atoms with Crippen LogP contribution in [0.3, 0.4) is 0 Å². The predicted octanol–water partition coefficient (Wildman–Crippen LogP) is 2.95. The maximum Gasteiger partial charge on any atom is 0.424 e. The van der Waals surface area contributed by atoms with Crippen molar-refractivity contribution in [1.82, 2.24) is 19.9 Å². The number of imidazole rings is 1. The number of thiazole rings is 1. The number of halogens is 3. The molecule has 0 radical (unpaired) electrons. The third kappa shape index (κ3) is 4.67. The van der Waals surface area contributed by atoms with E-state index in [0.29, 0.717) is 16.5 Å². The topological polar surface area (TPSA) is 80.0 Å². The van der Waals surface area contributed by atoms with Gasteiger partial charge in [0.1, 0.15) is 10.7 Å². The average molecular weight is 404 g/mol. The lowest BCUT2D eigenvalue weighted by atomic mass is 9.97. The van der Waals surface area contributed by atoms with Crippen molar-refractivity contribution in [2.45, 2.75) is 45.4 Å². The second kappa shape index (κ2) is 7.97. The first-order chi connectivity index (χ1) is 12.5. The lowest BCUT2D eigenvalue weighted by Crippen LogP contribution is -2.46. The van der Waals surface area contributed by atoms with Crippen molar-refractivity contribution in [2.24, 2.45) is 13.0 Å². The molecule has 2 rings (SSSR count). The van der Waals surface area contributed by atoms with Gasteiger partial charge in [0.25, 0.3) is 5.91 Å². The zero-order valence-corrected chi connectivity index (χ0v) is 16.4. The number of aromatic nitrogens is 3. The van der Waals surface area contributed by atoms with Gasteiger partial charge in [-0.25, -0.2) is 9.97 Å². The van der Waals surface area contributed by atoms with E-state index in [1.54, 1.807) is 6.92 Å². The van der Waals surface area contributed by atoms with Crippen LogP contribution in [0.4, 0.5) is 13.2 Å². The van der Waals surface area contributed by atoms with Crippen LogP contribution < -0.4 is 5.32 Å². The van der Waals surface area contributed by atoms with E-state index in [-0.39, 0.29) is 6.54 Å². The first kappa shape index (κ1) is 21.4. The SMILES string of the molecule is Cc1nc(CC(C)C)sc1C(=O)NCCC(O)(c1nccn1C)C(F)(F)F. The van der Waals surface area contributed by atoms with Crippen molar-refractivity contribution in [3.05, 3.63) is 33.8 Å². The van der Waals surface area contributed by atoms with Crippen molar-refractivity contribution >= 4 is 17.2 Å². The van der Waals surface area contributed by atoms with Gasteiger partial charge in [-0.1, -0.05) is 13.8 Å². The summed E-state index contributed by atoms with van der Waals surface area (Å²) in [6.07, 6.45) is -2.44. The fourth-order valence-corrected chi connectivity index (χ4v) is 3.87. The maximum absolute atomic E-state index is 13.5.